The van der Waals surface area contributed by atoms with Gasteiger partial charge in [-0.1, -0.05) is 147 Å². The Morgan fingerprint density at radius 1 is 0.490 bits per heavy atom. The molecule has 0 spiro atoms. The first-order chi connectivity index (χ1) is 24.2. The lowest BCUT2D eigenvalue weighted by Crippen LogP contribution is -2.55. The van der Waals surface area contributed by atoms with Gasteiger partial charge in [-0.25, -0.2) is 0 Å². The summed E-state index contributed by atoms with van der Waals surface area (Å²) < 4.78 is 6.44. The van der Waals surface area contributed by atoms with Crippen molar-refractivity contribution < 1.29 is 4.42 Å². The van der Waals surface area contributed by atoms with Crippen LogP contribution >= 0.6 is 0 Å². The van der Waals surface area contributed by atoms with Crippen molar-refractivity contribution in [3.05, 3.63) is 132 Å². The molecular weight excluding hydrogens is 617 g/mol. The molecule has 7 aromatic rings. The molecule has 0 N–H and O–H groups in total. The molecular formula is C48H46BNO. The highest BCUT2D eigenvalue weighted by atomic mass is 16.3. The third-order valence-electron chi connectivity index (χ3n) is 11.2. The molecule has 3 heteroatoms. The van der Waals surface area contributed by atoms with Gasteiger partial charge in [-0.05, 0) is 103 Å². The third kappa shape index (κ3) is 4.77. The smallest absolute Gasteiger partial charge is 0.248 e. The van der Waals surface area contributed by atoms with Gasteiger partial charge in [-0.3, -0.25) is 0 Å². The molecule has 0 bridgehead atoms. The zero-order valence-corrected chi connectivity index (χ0v) is 31.4. The van der Waals surface area contributed by atoms with E-state index >= 15 is 0 Å². The molecule has 0 radical (unpaired) electrons. The fraction of sp³-hybridized carbons (Fsp3) is 0.250. The van der Waals surface area contributed by atoms with Gasteiger partial charge in [0.15, 0.2) is 0 Å². The average molecular weight is 664 g/mol. The summed E-state index contributed by atoms with van der Waals surface area (Å²) in [6.07, 6.45) is 0. The molecule has 0 saturated carbocycles. The molecule has 1 aromatic heterocycles. The van der Waals surface area contributed by atoms with Crippen LogP contribution in [0.4, 0.5) is 17.1 Å². The second-order valence-corrected chi connectivity index (χ2v) is 17.8. The number of rotatable bonds is 2. The van der Waals surface area contributed by atoms with Gasteiger partial charge in [-0.2, -0.15) is 0 Å². The predicted octanol–water partition coefficient (Wildman–Crippen LogP) is 11.4. The maximum atomic E-state index is 6.44. The number of hydrogen-bond donors (Lipinski definition) is 0. The van der Waals surface area contributed by atoms with Crippen molar-refractivity contribution in [2.24, 2.45) is 0 Å². The summed E-state index contributed by atoms with van der Waals surface area (Å²) in [5, 5.41) is 2.31. The van der Waals surface area contributed by atoms with Crippen molar-refractivity contribution in [3.8, 4) is 22.3 Å². The van der Waals surface area contributed by atoms with Gasteiger partial charge in [0.1, 0.15) is 11.2 Å². The van der Waals surface area contributed by atoms with E-state index in [1.807, 2.05) is 6.07 Å². The summed E-state index contributed by atoms with van der Waals surface area (Å²) >= 11 is 0. The molecule has 0 unspecified atom stereocenters. The van der Waals surface area contributed by atoms with Gasteiger partial charge in [-0.15, -0.1) is 0 Å². The van der Waals surface area contributed by atoms with Crippen LogP contribution in [0, 0.1) is 0 Å². The molecule has 0 aliphatic carbocycles. The molecule has 2 aliphatic heterocycles. The number of benzene rings is 6. The summed E-state index contributed by atoms with van der Waals surface area (Å²) in [4.78, 5) is 2.64. The van der Waals surface area contributed by atoms with E-state index < -0.39 is 0 Å². The van der Waals surface area contributed by atoms with Gasteiger partial charge in [0, 0.05) is 27.8 Å². The summed E-state index contributed by atoms with van der Waals surface area (Å²) in [7, 11) is 0. The van der Waals surface area contributed by atoms with Crippen LogP contribution in [0.1, 0.15) is 79.0 Å². The number of hydrogen-bond acceptors (Lipinski definition) is 2. The summed E-state index contributed by atoms with van der Waals surface area (Å²) in [6.45, 7) is 21.3. The Labute approximate surface area is 303 Å². The minimum absolute atomic E-state index is 0.0243. The van der Waals surface area contributed by atoms with Crippen LogP contribution in [0.5, 0.6) is 0 Å². The second kappa shape index (κ2) is 10.7. The van der Waals surface area contributed by atoms with E-state index in [-0.39, 0.29) is 23.0 Å². The van der Waals surface area contributed by atoms with Gasteiger partial charge in [0.2, 0.25) is 6.71 Å². The highest BCUT2D eigenvalue weighted by Crippen LogP contribution is 2.49. The largest absolute Gasteiger partial charge is 0.456 e. The molecule has 3 heterocycles. The number of nitrogens with zero attached hydrogens (tertiary/aromatic N) is 1. The van der Waals surface area contributed by atoms with Crippen molar-refractivity contribution in [3.63, 3.8) is 0 Å². The zero-order chi connectivity index (χ0) is 35.6. The van der Waals surface area contributed by atoms with E-state index in [1.165, 1.54) is 66.8 Å². The van der Waals surface area contributed by atoms with E-state index in [2.05, 4.69) is 176 Å². The number of furan rings is 1. The third-order valence-corrected chi connectivity index (χ3v) is 11.2. The molecule has 0 fully saturated rings. The van der Waals surface area contributed by atoms with E-state index in [4.69, 9.17) is 4.42 Å². The topological polar surface area (TPSA) is 16.4 Å². The SMILES string of the molecule is CC(C)(C)c1ccccc1N1c2cc(-c3ccc4c(c3)oc3ccccc34)cc3c2B(c2cccc(C(C)(C)C)c2-3)c2cccc(C(C)(C)C)c21. The number of anilines is 3. The Kier molecular flexibility index (Phi) is 6.73. The van der Waals surface area contributed by atoms with E-state index in [1.54, 1.807) is 0 Å². The normalized spacial score (nSPS) is 13.9. The minimum atomic E-state index is -0.0702. The van der Waals surface area contributed by atoms with Gasteiger partial charge in [0.25, 0.3) is 0 Å². The van der Waals surface area contributed by atoms with Crippen LogP contribution in [-0.4, -0.2) is 6.71 Å². The predicted molar refractivity (Wildman–Crippen MR) is 220 cm³/mol. The first-order valence-corrected chi connectivity index (χ1v) is 18.5. The van der Waals surface area contributed by atoms with Crippen molar-refractivity contribution in [2.75, 3.05) is 4.90 Å². The maximum absolute atomic E-state index is 6.44. The van der Waals surface area contributed by atoms with Crippen LogP contribution < -0.4 is 21.3 Å². The monoisotopic (exact) mass is 663 g/mol. The standard InChI is InChI=1S/C48H46BNO/c1-46(2,3)34-17-11-12-22-39(34)50-40-27-30(29-24-25-32-31-16-10-13-23-41(31)51-42(32)28-29)26-33-43-35(47(4,5)6)18-14-20-37(43)49(44(33)40)38-21-15-19-36(45(38)50)48(7,8)9/h10-28H,1-9H3. The molecule has 252 valence electrons. The molecule has 6 aromatic carbocycles. The highest BCUT2D eigenvalue weighted by molar-refractivity contribution is 7.01. The Balaban J connectivity index is 1.42. The van der Waals surface area contributed by atoms with Crippen LogP contribution in [-0.2, 0) is 16.2 Å². The molecule has 9 rings (SSSR count). The lowest BCUT2D eigenvalue weighted by Gasteiger charge is -2.41. The van der Waals surface area contributed by atoms with Crippen molar-refractivity contribution in [2.45, 2.75) is 78.6 Å². The fourth-order valence-electron chi connectivity index (χ4n) is 8.94. The van der Waals surface area contributed by atoms with Crippen LogP contribution in [0.15, 0.2) is 120 Å². The molecule has 2 nitrogen and oxygen atoms in total. The minimum Gasteiger partial charge on any atom is -0.456 e. The van der Waals surface area contributed by atoms with E-state index in [9.17, 15) is 0 Å². The summed E-state index contributed by atoms with van der Waals surface area (Å²) in [5.41, 5.74) is 19.0. The fourth-order valence-corrected chi connectivity index (χ4v) is 8.94. The lowest BCUT2D eigenvalue weighted by molar-refractivity contribution is 0.587. The van der Waals surface area contributed by atoms with Crippen LogP contribution in [0.25, 0.3) is 44.2 Å². The summed E-state index contributed by atoms with van der Waals surface area (Å²) in [6, 6.07) is 43.2. The second-order valence-electron chi connectivity index (χ2n) is 17.8. The Hall–Kier alpha value is -5.02. The molecule has 51 heavy (non-hydrogen) atoms. The van der Waals surface area contributed by atoms with E-state index in [0.717, 1.165) is 27.5 Å². The molecule has 0 atom stereocenters. The highest BCUT2D eigenvalue weighted by Gasteiger charge is 2.46. The average Bonchev–Trinajstić information content (AvgIpc) is 3.63. The Morgan fingerprint density at radius 3 is 1.86 bits per heavy atom. The van der Waals surface area contributed by atoms with Gasteiger partial charge < -0.3 is 9.32 Å². The number of para-hydroxylation sites is 3. The molecule has 0 amide bonds. The van der Waals surface area contributed by atoms with Crippen LogP contribution in [0.2, 0.25) is 0 Å². The number of fused-ring (bicyclic) bond motifs is 8. The first kappa shape index (κ1) is 31.9. The van der Waals surface area contributed by atoms with Crippen molar-refractivity contribution in [1.29, 1.82) is 0 Å². The molecule has 0 saturated heterocycles. The zero-order valence-electron chi connectivity index (χ0n) is 31.4. The van der Waals surface area contributed by atoms with Crippen LogP contribution in [0.3, 0.4) is 0 Å². The van der Waals surface area contributed by atoms with Crippen molar-refractivity contribution >= 4 is 62.1 Å². The van der Waals surface area contributed by atoms with E-state index in [0.29, 0.717) is 0 Å². The molecule has 2 aliphatic rings. The first-order valence-electron chi connectivity index (χ1n) is 18.5. The van der Waals surface area contributed by atoms with Gasteiger partial charge >= 0.3 is 0 Å². The quantitative estimate of drug-likeness (QED) is 0.171. The Bertz CT molecular complexity index is 2550. The van der Waals surface area contributed by atoms with Gasteiger partial charge in [0.05, 0.1) is 0 Å². The van der Waals surface area contributed by atoms with Crippen molar-refractivity contribution in [1.82, 2.24) is 0 Å². The lowest BCUT2D eigenvalue weighted by atomic mass is 9.36. The summed E-state index contributed by atoms with van der Waals surface area (Å²) in [5.74, 6) is 0. The Morgan fingerprint density at radius 2 is 1.12 bits per heavy atom. The maximum Gasteiger partial charge on any atom is 0.248 e.